The third-order valence-electron chi connectivity index (χ3n) is 9.17. The van der Waals surface area contributed by atoms with Crippen LogP contribution in [0.5, 0.6) is 5.75 Å². The lowest BCUT2D eigenvalue weighted by Crippen LogP contribution is -2.72. The third kappa shape index (κ3) is 3.93. The highest BCUT2D eigenvalue weighted by molar-refractivity contribution is 6.31. The van der Waals surface area contributed by atoms with Gasteiger partial charge in [0.15, 0.2) is 34.7 Å². The van der Waals surface area contributed by atoms with Crippen LogP contribution < -0.4 is 5.73 Å². The van der Waals surface area contributed by atoms with Crippen LogP contribution in [0, 0.1) is 29.6 Å². The van der Waals surface area contributed by atoms with Crippen LogP contribution in [-0.4, -0.2) is 56.1 Å². The number of aromatic hydroxyl groups is 1. The molecular weight excluding hydrogens is 490 g/mol. The lowest BCUT2D eigenvalue weighted by atomic mass is 9.50. The van der Waals surface area contributed by atoms with Crippen molar-refractivity contribution in [2.45, 2.75) is 83.3 Å². The van der Waals surface area contributed by atoms with E-state index in [-0.39, 0.29) is 11.3 Å². The number of phenolic OH excluding ortho intramolecular Hbond substituents is 1. The Morgan fingerprint density at radius 3 is 2.37 bits per heavy atom. The molecule has 1 aromatic carbocycles. The summed E-state index contributed by atoms with van der Waals surface area (Å²) in [5, 5.41) is 34.1. The number of rotatable bonds is 6. The summed E-state index contributed by atoms with van der Waals surface area (Å²) in [5.41, 5.74) is 2.77. The first-order valence-electron chi connectivity index (χ1n) is 13.3. The van der Waals surface area contributed by atoms with E-state index in [1.807, 2.05) is 13.8 Å². The van der Waals surface area contributed by atoms with Gasteiger partial charge in [0.1, 0.15) is 5.75 Å². The van der Waals surface area contributed by atoms with Crippen molar-refractivity contribution in [3.8, 4) is 5.75 Å². The topological polar surface area (TPSA) is 172 Å². The fourth-order valence-corrected chi connectivity index (χ4v) is 6.99. The predicted octanol–water partition coefficient (Wildman–Crippen LogP) is 1.96. The largest absolute Gasteiger partial charge is 0.507 e. The molecule has 3 aliphatic rings. The Morgan fingerprint density at radius 2 is 1.79 bits per heavy atom. The second kappa shape index (κ2) is 9.38. The van der Waals surface area contributed by atoms with Gasteiger partial charge in [-0.15, -0.1) is 0 Å². The van der Waals surface area contributed by atoms with Gasteiger partial charge in [0.2, 0.25) is 5.91 Å². The maximum atomic E-state index is 13.9. The van der Waals surface area contributed by atoms with Crippen LogP contribution in [0.1, 0.15) is 87.7 Å². The molecule has 4 rings (SSSR count). The second-order valence-corrected chi connectivity index (χ2v) is 12.4. The van der Waals surface area contributed by atoms with E-state index >= 15 is 0 Å². The summed E-state index contributed by atoms with van der Waals surface area (Å²) >= 11 is 0. The maximum Gasteiger partial charge on any atom is 0.235 e. The van der Waals surface area contributed by atoms with Crippen molar-refractivity contribution in [3.05, 3.63) is 28.8 Å². The van der Waals surface area contributed by atoms with Crippen LogP contribution in [-0.2, 0) is 24.6 Å². The maximum absolute atomic E-state index is 13.9. The van der Waals surface area contributed by atoms with Gasteiger partial charge in [-0.2, -0.15) is 0 Å². The van der Waals surface area contributed by atoms with E-state index in [2.05, 4.69) is 13.8 Å². The lowest BCUT2D eigenvalue weighted by molar-refractivity contribution is -0.189. The zero-order valence-electron chi connectivity index (χ0n) is 22.5. The molecule has 0 aliphatic heterocycles. The minimum absolute atomic E-state index is 0.0541. The van der Waals surface area contributed by atoms with Crippen molar-refractivity contribution in [1.29, 1.82) is 0 Å². The normalized spacial score (nSPS) is 33.2. The van der Waals surface area contributed by atoms with Crippen molar-refractivity contribution in [2.75, 3.05) is 0 Å². The Kier molecular flexibility index (Phi) is 6.94. The van der Waals surface area contributed by atoms with Crippen molar-refractivity contribution in [1.82, 2.24) is 0 Å². The molecule has 0 bridgehead atoms. The molecule has 2 saturated carbocycles. The molecule has 2 unspecified atom stereocenters. The number of phenols is 1. The standard InChI is InChI=1S/C29H37NO8/c1-12(2)7-6-10-28(4,5)15-9-8-14-13(3)18-21(24(34)19(14)22(15)32)26(36)29(38)16(23(18)33)11-17(31)20(25(29)35)27(30)37/h8-9,12-13,16,18,20-21,23,32-33,38H,6-7,10-11H2,1-5H3,(H2,30,37)/t13-,16+,18+,20?,21?,23+,29+/m0/s1. The summed E-state index contributed by atoms with van der Waals surface area (Å²) in [5.74, 6) is -12.1. The number of Topliss-reactive ketones (excluding diaryl/α,β-unsaturated/α-hetero) is 4. The lowest BCUT2D eigenvalue weighted by Gasteiger charge is -2.53. The Hall–Kier alpha value is -2.91. The molecule has 0 aromatic heterocycles. The summed E-state index contributed by atoms with van der Waals surface area (Å²) < 4.78 is 0. The van der Waals surface area contributed by atoms with E-state index in [0.29, 0.717) is 17.0 Å². The van der Waals surface area contributed by atoms with Gasteiger partial charge in [-0.05, 0) is 29.2 Å². The number of benzene rings is 1. The molecule has 38 heavy (non-hydrogen) atoms. The Labute approximate surface area is 221 Å². The number of aliphatic hydroxyl groups is 2. The van der Waals surface area contributed by atoms with Gasteiger partial charge < -0.3 is 21.1 Å². The number of fused-ring (bicyclic) bond motifs is 3. The minimum atomic E-state index is -2.91. The first kappa shape index (κ1) is 28.1. The van der Waals surface area contributed by atoms with Crippen LogP contribution in [0.4, 0.5) is 0 Å². The average molecular weight is 528 g/mol. The molecule has 9 heteroatoms. The van der Waals surface area contributed by atoms with Gasteiger partial charge in [0, 0.05) is 23.8 Å². The fraction of sp³-hybridized carbons (Fsp3) is 0.621. The molecule has 9 nitrogen and oxygen atoms in total. The van der Waals surface area contributed by atoms with Crippen molar-refractivity contribution in [3.63, 3.8) is 0 Å². The first-order chi connectivity index (χ1) is 17.6. The van der Waals surface area contributed by atoms with Crippen LogP contribution in [0.2, 0.25) is 0 Å². The molecule has 0 saturated heterocycles. The summed E-state index contributed by atoms with van der Waals surface area (Å²) in [6, 6.07) is 3.50. The quantitative estimate of drug-likeness (QED) is 0.407. The molecule has 206 valence electrons. The molecule has 0 radical (unpaired) electrons. The molecule has 0 spiro atoms. The van der Waals surface area contributed by atoms with Crippen molar-refractivity contribution >= 4 is 29.0 Å². The number of nitrogens with two attached hydrogens (primary N) is 1. The van der Waals surface area contributed by atoms with Crippen molar-refractivity contribution < 1.29 is 39.3 Å². The van der Waals surface area contributed by atoms with Gasteiger partial charge in [-0.3, -0.25) is 24.0 Å². The molecule has 5 N–H and O–H groups in total. The van der Waals surface area contributed by atoms with Crippen molar-refractivity contribution in [2.24, 2.45) is 35.3 Å². The molecule has 2 fully saturated rings. The molecule has 7 atom stereocenters. The zero-order valence-corrected chi connectivity index (χ0v) is 22.5. The molecule has 3 aliphatic carbocycles. The highest BCUT2D eigenvalue weighted by Gasteiger charge is 2.69. The fourth-order valence-electron chi connectivity index (χ4n) is 6.99. The monoisotopic (exact) mass is 527 g/mol. The molecule has 1 aromatic rings. The second-order valence-electron chi connectivity index (χ2n) is 12.4. The smallest absolute Gasteiger partial charge is 0.235 e. The molecular formula is C29H37NO8. The van der Waals surface area contributed by atoms with Gasteiger partial charge >= 0.3 is 0 Å². The zero-order chi connectivity index (χ0) is 28.5. The van der Waals surface area contributed by atoms with E-state index in [1.54, 1.807) is 19.1 Å². The highest BCUT2D eigenvalue weighted by Crippen LogP contribution is 2.54. The van der Waals surface area contributed by atoms with E-state index in [4.69, 9.17) is 5.73 Å². The first-order valence-corrected chi connectivity index (χ1v) is 13.3. The highest BCUT2D eigenvalue weighted by atomic mass is 16.3. The predicted molar refractivity (Wildman–Crippen MR) is 136 cm³/mol. The van der Waals surface area contributed by atoms with Gasteiger partial charge in [0.05, 0.1) is 17.6 Å². The van der Waals surface area contributed by atoms with Crippen LogP contribution in [0.3, 0.4) is 0 Å². The van der Waals surface area contributed by atoms with Gasteiger partial charge in [0.25, 0.3) is 0 Å². The number of amides is 1. The molecule has 0 heterocycles. The summed E-state index contributed by atoms with van der Waals surface area (Å²) in [6.07, 6.45) is 0.504. The Balaban J connectivity index is 1.80. The van der Waals surface area contributed by atoms with Crippen LogP contribution >= 0.6 is 0 Å². The summed E-state index contributed by atoms with van der Waals surface area (Å²) in [4.78, 5) is 65.1. The summed E-state index contributed by atoms with van der Waals surface area (Å²) in [6.45, 7) is 9.91. The number of ketones is 4. The number of primary amides is 1. The van der Waals surface area contributed by atoms with E-state index < -0.39 is 82.2 Å². The van der Waals surface area contributed by atoms with E-state index in [1.165, 1.54) is 0 Å². The Morgan fingerprint density at radius 1 is 1.16 bits per heavy atom. The summed E-state index contributed by atoms with van der Waals surface area (Å²) in [7, 11) is 0. The number of hydrogen-bond donors (Lipinski definition) is 4. The average Bonchev–Trinajstić information content (AvgIpc) is 2.81. The molecule has 1 amide bonds. The minimum Gasteiger partial charge on any atom is -0.507 e. The van der Waals surface area contributed by atoms with Gasteiger partial charge in [-0.1, -0.05) is 59.6 Å². The number of carbonyl (C=O) groups excluding carboxylic acids is 5. The number of carbonyl (C=O) groups is 5. The van der Waals surface area contributed by atoms with E-state index in [0.717, 1.165) is 19.3 Å². The van der Waals surface area contributed by atoms with Crippen LogP contribution in [0.25, 0.3) is 0 Å². The SMILES string of the molecule is CC(C)CCCC(C)(C)c1ccc2c(c1O)C(=O)C1C(=O)[C@]3(O)C(=O)C(C(N)=O)C(=O)C[C@@H]3[C@@H](O)[C@@H]1[C@H]2C. The Bertz CT molecular complexity index is 1230. The van der Waals surface area contributed by atoms with E-state index in [9.17, 15) is 39.3 Å². The third-order valence-corrected chi connectivity index (χ3v) is 9.17. The number of aliphatic hydroxyl groups excluding tert-OH is 1. The number of hydrogen-bond acceptors (Lipinski definition) is 8. The van der Waals surface area contributed by atoms with Crippen LogP contribution in [0.15, 0.2) is 12.1 Å². The van der Waals surface area contributed by atoms with Gasteiger partial charge in [-0.25, -0.2) is 0 Å².